The molecule has 0 unspecified atom stereocenters. The van der Waals surface area contributed by atoms with Crippen LogP contribution in [0, 0.1) is 6.92 Å². The van der Waals surface area contributed by atoms with E-state index in [1.165, 1.54) is 16.9 Å². The topological polar surface area (TPSA) is 55.0 Å². The van der Waals surface area contributed by atoms with Gasteiger partial charge in [-0.3, -0.25) is 0 Å². The van der Waals surface area contributed by atoms with E-state index in [2.05, 4.69) is 29.3 Å². The van der Waals surface area contributed by atoms with E-state index in [1.807, 2.05) is 24.1 Å². The Morgan fingerprint density at radius 1 is 1.33 bits per heavy atom. The highest BCUT2D eigenvalue weighted by Crippen LogP contribution is 2.27. The van der Waals surface area contributed by atoms with Crippen LogP contribution >= 0.6 is 11.3 Å². The Morgan fingerprint density at radius 3 is 2.73 bits per heavy atom. The average molecular weight is 220 g/mol. The van der Waals surface area contributed by atoms with Gasteiger partial charge in [0.15, 0.2) is 0 Å². The summed E-state index contributed by atoms with van der Waals surface area (Å²) in [5.41, 5.74) is 7.85. The maximum atomic E-state index is 5.54. The van der Waals surface area contributed by atoms with Crippen molar-refractivity contribution in [3.8, 4) is 0 Å². The van der Waals surface area contributed by atoms with Gasteiger partial charge in [-0.1, -0.05) is 23.5 Å². The molecule has 0 radical (unpaired) electrons. The number of nitrogens with zero attached hydrogens (tertiary/aromatic N) is 3. The lowest BCUT2D eigenvalue weighted by Gasteiger charge is -2.15. The number of nitrogens with two attached hydrogens (primary N) is 1. The monoisotopic (exact) mass is 220 g/mol. The van der Waals surface area contributed by atoms with Crippen LogP contribution in [0.3, 0.4) is 0 Å². The van der Waals surface area contributed by atoms with Crippen LogP contribution in [0.15, 0.2) is 24.3 Å². The first-order chi connectivity index (χ1) is 7.16. The number of aryl methyl sites for hydroxylation is 1. The fourth-order valence-corrected chi connectivity index (χ4v) is 1.90. The van der Waals surface area contributed by atoms with Gasteiger partial charge in [0.1, 0.15) is 0 Å². The first kappa shape index (κ1) is 9.92. The number of aromatic nitrogens is 2. The third-order valence-electron chi connectivity index (χ3n) is 2.11. The van der Waals surface area contributed by atoms with Crippen LogP contribution in [-0.2, 0) is 0 Å². The molecule has 0 bridgehead atoms. The molecule has 2 N–H and O–H groups in total. The van der Waals surface area contributed by atoms with E-state index >= 15 is 0 Å². The van der Waals surface area contributed by atoms with Crippen molar-refractivity contribution in [2.75, 3.05) is 17.7 Å². The molecule has 1 heterocycles. The van der Waals surface area contributed by atoms with E-state index in [4.69, 9.17) is 5.73 Å². The highest BCUT2D eigenvalue weighted by Gasteiger charge is 2.08. The van der Waals surface area contributed by atoms with Crippen LogP contribution in [0.2, 0.25) is 0 Å². The Morgan fingerprint density at radius 2 is 2.13 bits per heavy atom. The van der Waals surface area contributed by atoms with Gasteiger partial charge < -0.3 is 10.6 Å². The van der Waals surface area contributed by atoms with Crippen molar-refractivity contribution in [2.45, 2.75) is 6.92 Å². The van der Waals surface area contributed by atoms with E-state index in [-0.39, 0.29) is 0 Å². The zero-order valence-electron chi connectivity index (χ0n) is 8.64. The zero-order chi connectivity index (χ0) is 10.8. The normalized spacial score (nSPS) is 10.3. The first-order valence-electron chi connectivity index (χ1n) is 4.56. The molecule has 0 atom stereocenters. The van der Waals surface area contributed by atoms with Gasteiger partial charge in [0.25, 0.3) is 0 Å². The van der Waals surface area contributed by atoms with Gasteiger partial charge in [-0.25, -0.2) is 0 Å². The zero-order valence-corrected chi connectivity index (χ0v) is 9.45. The van der Waals surface area contributed by atoms with Crippen LogP contribution in [0.25, 0.3) is 0 Å². The third kappa shape index (κ3) is 2.07. The number of hydrogen-bond donors (Lipinski definition) is 1. The second kappa shape index (κ2) is 3.86. The first-order valence-corrected chi connectivity index (χ1v) is 5.38. The van der Waals surface area contributed by atoms with E-state index in [0.717, 1.165) is 10.8 Å². The molecule has 1 aromatic heterocycles. The van der Waals surface area contributed by atoms with Gasteiger partial charge in [0.2, 0.25) is 10.3 Å². The predicted molar refractivity (Wildman–Crippen MR) is 63.6 cm³/mol. The van der Waals surface area contributed by atoms with Gasteiger partial charge in [0, 0.05) is 12.7 Å². The maximum Gasteiger partial charge on any atom is 0.214 e. The van der Waals surface area contributed by atoms with Gasteiger partial charge in [0.05, 0.1) is 0 Å². The molecular weight excluding hydrogens is 208 g/mol. The molecule has 0 amide bonds. The molecule has 4 nitrogen and oxygen atoms in total. The highest BCUT2D eigenvalue weighted by atomic mass is 32.1. The van der Waals surface area contributed by atoms with Gasteiger partial charge >= 0.3 is 0 Å². The molecule has 1 aromatic carbocycles. The van der Waals surface area contributed by atoms with Crippen molar-refractivity contribution < 1.29 is 0 Å². The molecule has 0 fully saturated rings. The summed E-state index contributed by atoms with van der Waals surface area (Å²) in [5, 5.41) is 9.08. The van der Waals surface area contributed by atoms with E-state index in [1.54, 1.807) is 0 Å². The minimum atomic E-state index is 0.490. The van der Waals surface area contributed by atoms with Crippen molar-refractivity contribution in [3.05, 3.63) is 29.8 Å². The minimum absolute atomic E-state index is 0.490. The van der Waals surface area contributed by atoms with Crippen LogP contribution in [0.4, 0.5) is 16.0 Å². The Labute approximate surface area is 92.4 Å². The van der Waals surface area contributed by atoms with Crippen molar-refractivity contribution in [1.29, 1.82) is 0 Å². The van der Waals surface area contributed by atoms with Gasteiger partial charge in [-0.15, -0.1) is 10.2 Å². The largest absolute Gasteiger partial charge is 0.374 e. The smallest absolute Gasteiger partial charge is 0.214 e. The lowest BCUT2D eigenvalue weighted by atomic mass is 10.2. The van der Waals surface area contributed by atoms with Crippen LogP contribution in [0.1, 0.15) is 5.56 Å². The van der Waals surface area contributed by atoms with Crippen LogP contribution in [0.5, 0.6) is 0 Å². The van der Waals surface area contributed by atoms with Crippen molar-refractivity contribution in [3.63, 3.8) is 0 Å². The molecule has 0 aliphatic rings. The summed E-state index contributed by atoms with van der Waals surface area (Å²) in [6.45, 7) is 2.06. The quantitative estimate of drug-likeness (QED) is 0.843. The average Bonchev–Trinajstić information content (AvgIpc) is 2.64. The lowest BCUT2D eigenvalue weighted by Crippen LogP contribution is -2.08. The van der Waals surface area contributed by atoms with Gasteiger partial charge in [-0.05, 0) is 24.6 Å². The Balaban J connectivity index is 2.32. The van der Waals surface area contributed by atoms with E-state index < -0.39 is 0 Å². The summed E-state index contributed by atoms with van der Waals surface area (Å²) >= 11 is 1.38. The summed E-state index contributed by atoms with van der Waals surface area (Å²) in [5.74, 6) is 0. The molecule has 2 rings (SSSR count). The molecule has 15 heavy (non-hydrogen) atoms. The Hall–Kier alpha value is -1.62. The predicted octanol–water partition coefficient (Wildman–Crippen LogP) is 2.20. The Bertz CT molecular complexity index is 466. The fourth-order valence-electron chi connectivity index (χ4n) is 1.31. The SMILES string of the molecule is Cc1cccc(N(C)c2nnc(N)s2)c1. The van der Waals surface area contributed by atoms with Crippen LogP contribution < -0.4 is 10.6 Å². The number of nitrogen functional groups attached to an aromatic ring is 1. The number of anilines is 3. The van der Waals surface area contributed by atoms with E-state index in [9.17, 15) is 0 Å². The van der Waals surface area contributed by atoms with Crippen molar-refractivity contribution >= 4 is 27.3 Å². The molecule has 5 heteroatoms. The molecule has 0 aliphatic heterocycles. The minimum Gasteiger partial charge on any atom is -0.374 e. The highest BCUT2D eigenvalue weighted by molar-refractivity contribution is 7.18. The van der Waals surface area contributed by atoms with Crippen molar-refractivity contribution in [1.82, 2.24) is 10.2 Å². The molecule has 0 aliphatic carbocycles. The summed E-state index contributed by atoms with van der Waals surface area (Å²) < 4.78 is 0. The number of hydrogen-bond acceptors (Lipinski definition) is 5. The summed E-state index contributed by atoms with van der Waals surface area (Å²) in [6, 6.07) is 8.21. The molecule has 0 saturated heterocycles. The molecule has 0 spiro atoms. The van der Waals surface area contributed by atoms with Gasteiger partial charge in [-0.2, -0.15) is 0 Å². The maximum absolute atomic E-state index is 5.54. The molecule has 0 saturated carbocycles. The third-order valence-corrected chi connectivity index (χ3v) is 2.93. The molecule has 2 aromatic rings. The molecule has 78 valence electrons. The number of benzene rings is 1. The fraction of sp³-hybridized carbons (Fsp3) is 0.200. The van der Waals surface area contributed by atoms with Crippen molar-refractivity contribution in [2.24, 2.45) is 0 Å². The summed E-state index contributed by atoms with van der Waals surface area (Å²) in [4.78, 5) is 1.97. The second-order valence-corrected chi connectivity index (χ2v) is 4.31. The number of rotatable bonds is 2. The standard InChI is InChI=1S/C10H12N4S/c1-7-4-3-5-8(6-7)14(2)10-13-12-9(11)15-10/h3-6H,1-2H3,(H2,11,12). The lowest BCUT2D eigenvalue weighted by molar-refractivity contribution is 1.05. The summed E-state index contributed by atoms with van der Waals surface area (Å²) in [7, 11) is 1.95. The second-order valence-electron chi connectivity index (χ2n) is 3.32. The van der Waals surface area contributed by atoms with Crippen LogP contribution in [-0.4, -0.2) is 17.2 Å². The Kier molecular flexibility index (Phi) is 2.55. The van der Waals surface area contributed by atoms with E-state index in [0.29, 0.717) is 5.13 Å². The molecular formula is C10H12N4S. The summed E-state index contributed by atoms with van der Waals surface area (Å²) in [6.07, 6.45) is 0.